The number of aliphatic hydroxyl groups is 1. The normalized spacial score (nSPS) is 18.2. The average Bonchev–Trinajstić information content (AvgIpc) is 2.73. The Morgan fingerprint density at radius 2 is 2.09 bits per heavy atom. The highest BCUT2D eigenvalue weighted by Gasteiger charge is 2.42. The second kappa shape index (κ2) is 6.70. The molecule has 0 aliphatic carbocycles. The van der Waals surface area contributed by atoms with E-state index in [-0.39, 0.29) is 17.7 Å². The summed E-state index contributed by atoms with van der Waals surface area (Å²) in [5.41, 5.74) is 0.134. The van der Waals surface area contributed by atoms with Gasteiger partial charge in [0.05, 0.1) is 11.6 Å². The molecule has 0 bridgehead atoms. The minimum Gasteiger partial charge on any atom is -0.503 e. The first-order valence-corrected chi connectivity index (χ1v) is 6.97. The molecular formula is C16H18FNO4. The van der Waals surface area contributed by atoms with Crippen LogP contribution in [0.5, 0.6) is 0 Å². The summed E-state index contributed by atoms with van der Waals surface area (Å²) in [6.07, 6.45) is 0.520. The lowest BCUT2D eigenvalue weighted by molar-refractivity contribution is -0.129. The standard InChI is InChI=1S/C16H18FNO4/c1-10(19)13-14(11-6-3-4-7-12(11)17)18(8-5-9-22-2)16(21)15(13)20/h3-4,6-7,14,20H,5,8-9H2,1-2H3. The minimum absolute atomic E-state index is 0.0625. The molecule has 0 fully saturated rings. The summed E-state index contributed by atoms with van der Waals surface area (Å²) in [7, 11) is 1.54. The van der Waals surface area contributed by atoms with Gasteiger partial charge in [-0.25, -0.2) is 4.39 Å². The SMILES string of the molecule is COCCCN1C(=O)C(O)=C(C(C)=O)C1c1ccccc1F. The summed E-state index contributed by atoms with van der Waals surface area (Å²) < 4.78 is 19.1. The number of aliphatic hydroxyl groups excluding tert-OH is 1. The highest BCUT2D eigenvalue weighted by Crippen LogP contribution is 2.38. The Kier molecular flexibility index (Phi) is 4.92. The van der Waals surface area contributed by atoms with E-state index in [4.69, 9.17) is 4.74 Å². The third kappa shape index (κ3) is 2.87. The van der Waals surface area contributed by atoms with Gasteiger partial charge in [-0.15, -0.1) is 0 Å². The Labute approximate surface area is 128 Å². The van der Waals surface area contributed by atoms with Crippen LogP contribution in [0, 0.1) is 5.82 Å². The number of Topliss-reactive ketones (excluding diaryl/α,β-unsaturated/α-hetero) is 1. The van der Waals surface area contributed by atoms with Crippen molar-refractivity contribution < 1.29 is 23.8 Å². The smallest absolute Gasteiger partial charge is 0.290 e. The molecule has 0 aromatic heterocycles. The second-order valence-corrected chi connectivity index (χ2v) is 5.09. The number of rotatable bonds is 6. The number of benzene rings is 1. The lowest BCUT2D eigenvalue weighted by Gasteiger charge is -2.26. The van der Waals surface area contributed by atoms with Crippen molar-refractivity contribution >= 4 is 11.7 Å². The largest absolute Gasteiger partial charge is 0.503 e. The first-order chi connectivity index (χ1) is 10.5. The van der Waals surface area contributed by atoms with Gasteiger partial charge in [0.15, 0.2) is 11.5 Å². The van der Waals surface area contributed by atoms with Crippen LogP contribution < -0.4 is 0 Å². The molecule has 2 rings (SSSR count). The Balaban J connectivity index is 2.44. The Hall–Kier alpha value is -2.21. The van der Waals surface area contributed by atoms with Crippen LogP contribution in [0.15, 0.2) is 35.6 Å². The van der Waals surface area contributed by atoms with Crippen LogP contribution in [0.2, 0.25) is 0 Å². The van der Waals surface area contributed by atoms with E-state index in [0.29, 0.717) is 13.0 Å². The van der Waals surface area contributed by atoms with E-state index in [9.17, 15) is 19.1 Å². The van der Waals surface area contributed by atoms with Crippen molar-refractivity contribution in [3.63, 3.8) is 0 Å². The molecular weight excluding hydrogens is 289 g/mol. The number of amides is 1. The van der Waals surface area contributed by atoms with Crippen molar-refractivity contribution in [2.24, 2.45) is 0 Å². The van der Waals surface area contributed by atoms with Crippen molar-refractivity contribution in [2.45, 2.75) is 19.4 Å². The maximum atomic E-state index is 14.1. The zero-order valence-corrected chi connectivity index (χ0v) is 12.5. The molecule has 1 unspecified atom stereocenters. The number of hydrogen-bond donors (Lipinski definition) is 1. The molecule has 1 aliphatic heterocycles. The zero-order valence-electron chi connectivity index (χ0n) is 12.5. The molecule has 5 nitrogen and oxygen atoms in total. The molecule has 1 aromatic rings. The van der Waals surface area contributed by atoms with Crippen LogP contribution >= 0.6 is 0 Å². The lowest BCUT2D eigenvalue weighted by Crippen LogP contribution is -2.32. The van der Waals surface area contributed by atoms with E-state index in [1.54, 1.807) is 6.07 Å². The molecule has 0 saturated heterocycles. The average molecular weight is 307 g/mol. The van der Waals surface area contributed by atoms with Crippen LogP contribution in [0.1, 0.15) is 24.9 Å². The van der Waals surface area contributed by atoms with Gasteiger partial charge in [0.1, 0.15) is 5.82 Å². The monoisotopic (exact) mass is 307 g/mol. The molecule has 1 aliphatic rings. The second-order valence-electron chi connectivity index (χ2n) is 5.09. The van der Waals surface area contributed by atoms with Gasteiger partial charge in [0, 0.05) is 25.8 Å². The van der Waals surface area contributed by atoms with Crippen LogP contribution in [-0.4, -0.2) is 42.0 Å². The van der Waals surface area contributed by atoms with Gasteiger partial charge in [-0.3, -0.25) is 9.59 Å². The van der Waals surface area contributed by atoms with E-state index >= 15 is 0 Å². The summed E-state index contributed by atoms with van der Waals surface area (Å²) in [5.74, 6) is -2.23. The number of halogens is 1. The van der Waals surface area contributed by atoms with Gasteiger partial charge in [0.25, 0.3) is 5.91 Å². The molecule has 118 valence electrons. The maximum absolute atomic E-state index is 14.1. The van der Waals surface area contributed by atoms with E-state index in [1.807, 2.05) is 0 Å². The molecule has 1 N–H and O–H groups in total. The number of ether oxygens (including phenoxy) is 1. The Bertz CT molecular complexity index is 626. The quantitative estimate of drug-likeness (QED) is 0.818. The summed E-state index contributed by atoms with van der Waals surface area (Å²) in [6.45, 7) is 1.93. The first kappa shape index (κ1) is 16.2. The van der Waals surface area contributed by atoms with Crippen molar-refractivity contribution in [3.8, 4) is 0 Å². The summed E-state index contributed by atoms with van der Waals surface area (Å²) in [5, 5.41) is 9.99. The van der Waals surface area contributed by atoms with Gasteiger partial charge in [-0.05, 0) is 19.4 Å². The number of methoxy groups -OCH3 is 1. The summed E-state index contributed by atoms with van der Waals surface area (Å²) in [6, 6.07) is 5.03. The topological polar surface area (TPSA) is 66.8 Å². The highest BCUT2D eigenvalue weighted by molar-refractivity contribution is 6.08. The van der Waals surface area contributed by atoms with E-state index in [2.05, 4.69) is 0 Å². The predicted octanol–water partition coefficient (Wildman–Crippen LogP) is 2.15. The first-order valence-electron chi connectivity index (χ1n) is 6.97. The van der Waals surface area contributed by atoms with Crippen LogP contribution in [0.25, 0.3) is 0 Å². The fraction of sp³-hybridized carbons (Fsp3) is 0.375. The Morgan fingerprint density at radius 1 is 1.41 bits per heavy atom. The zero-order chi connectivity index (χ0) is 16.3. The third-order valence-electron chi connectivity index (χ3n) is 3.63. The van der Waals surface area contributed by atoms with E-state index in [1.165, 1.54) is 37.1 Å². The van der Waals surface area contributed by atoms with Gasteiger partial charge in [-0.1, -0.05) is 18.2 Å². The molecule has 6 heteroatoms. The lowest BCUT2D eigenvalue weighted by atomic mass is 9.96. The number of hydrogen-bond acceptors (Lipinski definition) is 4. The number of carbonyl (C=O) groups is 2. The van der Waals surface area contributed by atoms with Crippen molar-refractivity contribution in [2.75, 3.05) is 20.3 Å². The molecule has 0 saturated carbocycles. The van der Waals surface area contributed by atoms with Crippen LogP contribution in [0.3, 0.4) is 0 Å². The van der Waals surface area contributed by atoms with E-state index < -0.39 is 29.3 Å². The third-order valence-corrected chi connectivity index (χ3v) is 3.63. The molecule has 1 aromatic carbocycles. The number of ketones is 1. The fourth-order valence-corrected chi connectivity index (χ4v) is 2.64. The Morgan fingerprint density at radius 3 is 2.68 bits per heavy atom. The van der Waals surface area contributed by atoms with Crippen molar-refractivity contribution in [1.82, 2.24) is 4.90 Å². The fourth-order valence-electron chi connectivity index (χ4n) is 2.64. The van der Waals surface area contributed by atoms with E-state index in [0.717, 1.165) is 0 Å². The van der Waals surface area contributed by atoms with Gasteiger partial charge >= 0.3 is 0 Å². The number of carbonyl (C=O) groups excluding carboxylic acids is 2. The van der Waals surface area contributed by atoms with Crippen molar-refractivity contribution in [1.29, 1.82) is 0 Å². The molecule has 1 heterocycles. The van der Waals surface area contributed by atoms with Crippen LogP contribution in [0.4, 0.5) is 4.39 Å². The molecule has 1 amide bonds. The molecule has 0 spiro atoms. The highest BCUT2D eigenvalue weighted by atomic mass is 19.1. The van der Waals surface area contributed by atoms with Gasteiger partial charge in [-0.2, -0.15) is 0 Å². The van der Waals surface area contributed by atoms with Gasteiger partial charge in [0.2, 0.25) is 0 Å². The minimum atomic E-state index is -0.900. The molecule has 22 heavy (non-hydrogen) atoms. The van der Waals surface area contributed by atoms with Crippen LogP contribution in [-0.2, 0) is 14.3 Å². The summed E-state index contributed by atoms with van der Waals surface area (Å²) >= 11 is 0. The molecule has 0 radical (unpaired) electrons. The maximum Gasteiger partial charge on any atom is 0.290 e. The summed E-state index contributed by atoms with van der Waals surface area (Å²) in [4.78, 5) is 25.3. The van der Waals surface area contributed by atoms with Gasteiger partial charge < -0.3 is 14.7 Å². The predicted molar refractivity (Wildman–Crippen MR) is 77.7 cm³/mol. The number of nitrogens with zero attached hydrogens (tertiary/aromatic N) is 1. The molecule has 1 atom stereocenters. The van der Waals surface area contributed by atoms with Crippen molar-refractivity contribution in [3.05, 3.63) is 47.0 Å².